The van der Waals surface area contributed by atoms with E-state index in [2.05, 4.69) is 34.3 Å². The summed E-state index contributed by atoms with van der Waals surface area (Å²) in [4.78, 5) is 22.8. The number of thiazole rings is 1. The molecule has 0 saturated carbocycles. The quantitative estimate of drug-likeness (QED) is 0.917. The van der Waals surface area contributed by atoms with E-state index in [9.17, 15) is 9.90 Å². The third-order valence-corrected chi connectivity index (χ3v) is 5.05. The number of imidazole rings is 1. The van der Waals surface area contributed by atoms with Crippen LogP contribution in [0.4, 0.5) is 0 Å². The van der Waals surface area contributed by atoms with Crippen molar-refractivity contribution in [2.24, 2.45) is 0 Å². The summed E-state index contributed by atoms with van der Waals surface area (Å²) in [5.74, 6) is -0.170. The predicted octanol–water partition coefficient (Wildman–Crippen LogP) is 1.04. The molecule has 22 heavy (non-hydrogen) atoms. The van der Waals surface area contributed by atoms with Crippen molar-refractivity contribution in [3.05, 3.63) is 22.5 Å². The molecule has 0 spiro atoms. The van der Waals surface area contributed by atoms with Gasteiger partial charge >= 0.3 is 0 Å². The molecule has 1 aliphatic rings. The molecule has 120 valence electrons. The van der Waals surface area contributed by atoms with Crippen molar-refractivity contribution >= 4 is 22.2 Å². The number of aliphatic hydroxyl groups excluding tert-OH is 1. The summed E-state index contributed by atoms with van der Waals surface area (Å²) in [6.45, 7) is 9.53. The second-order valence-corrected chi connectivity index (χ2v) is 7.13. The number of nitrogens with zero attached hydrogens (tertiary/aromatic N) is 4. The van der Waals surface area contributed by atoms with E-state index in [-0.39, 0.29) is 5.91 Å². The van der Waals surface area contributed by atoms with Crippen LogP contribution < -0.4 is 0 Å². The zero-order valence-corrected chi connectivity index (χ0v) is 14.1. The fraction of sp³-hybridized carbons (Fsp3) is 0.600. The molecule has 0 aliphatic carbocycles. The van der Waals surface area contributed by atoms with Gasteiger partial charge in [-0.05, 0) is 20.8 Å². The van der Waals surface area contributed by atoms with Crippen molar-refractivity contribution in [2.75, 3.05) is 26.2 Å². The molecule has 1 fully saturated rings. The van der Waals surface area contributed by atoms with Crippen LogP contribution in [0.5, 0.6) is 0 Å². The molecule has 7 heteroatoms. The van der Waals surface area contributed by atoms with E-state index in [4.69, 9.17) is 0 Å². The number of piperazine rings is 1. The number of rotatable bonds is 3. The Hall–Kier alpha value is -1.44. The van der Waals surface area contributed by atoms with Gasteiger partial charge in [0.25, 0.3) is 5.91 Å². The van der Waals surface area contributed by atoms with Gasteiger partial charge < -0.3 is 10.0 Å². The Morgan fingerprint density at radius 3 is 2.68 bits per heavy atom. The maximum Gasteiger partial charge on any atom is 0.251 e. The zero-order valence-electron chi connectivity index (χ0n) is 13.2. The lowest BCUT2D eigenvalue weighted by molar-refractivity contribution is -0.141. The Morgan fingerprint density at radius 2 is 2.05 bits per heavy atom. The number of hydrogen-bond acceptors (Lipinski definition) is 5. The van der Waals surface area contributed by atoms with Crippen LogP contribution in [0.3, 0.4) is 0 Å². The van der Waals surface area contributed by atoms with E-state index in [0.29, 0.717) is 13.1 Å². The van der Waals surface area contributed by atoms with E-state index in [1.807, 2.05) is 0 Å². The molecule has 0 radical (unpaired) electrons. The van der Waals surface area contributed by atoms with Gasteiger partial charge in [-0.15, -0.1) is 11.3 Å². The maximum absolute atomic E-state index is 11.8. The second-order valence-electron chi connectivity index (χ2n) is 5.92. The van der Waals surface area contributed by atoms with Gasteiger partial charge in [0.1, 0.15) is 6.10 Å². The Balaban J connectivity index is 1.67. The first kappa shape index (κ1) is 15.5. The Kier molecular flexibility index (Phi) is 4.20. The first-order valence-corrected chi connectivity index (χ1v) is 8.40. The summed E-state index contributed by atoms with van der Waals surface area (Å²) < 4.78 is 2.18. The number of aromatic nitrogens is 2. The molecule has 0 bridgehead atoms. The summed E-state index contributed by atoms with van der Waals surface area (Å²) in [5.41, 5.74) is 2.31. The number of carbonyl (C=O) groups is 1. The molecular weight excluding hydrogens is 300 g/mol. The third-order valence-electron chi connectivity index (χ3n) is 4.16. The van der Waals surface area contributed by atoms with E-state index in [1.54, 1.807) is 16.2 Å². The van der Waals surface area contributed by atoms with Crippen molar-refractivity contribution in [1.82, 2.24) is 19.2 Å². The zero-order chi connectivity index (χ0) is 15.9. The average molecular weight is 322 g/mol. The van der Waals surface area contributed by atoms with E-state index >= 15 is 0 Å². The Labute approximate surface area is 134 Å². The fourth-order valence-electron chi connectivity index (χ4n) is 2.90. The SMILES string of the molecule is Cc1cn2c(CN3CCN(C(=O)C(C)O)CC3)c(C)nc2s1. The van der Waals surface area contributed by atoms with Crippen LogP contribution in [0.1, 0.15) is 23.2 Å². The van der Waals surface area contributed by atoms with E-state index < -0.39 is 6.10 Å². The summed E-state index contributed by atoms with van der Waals surface area (Å²) in [6.07, 6.45) is 1.24. The highest BCUT2D eigenvalue weighted by Gasteiger charge is 2.24. The highest BCUT2D eigenvalue weighted by Crippen LogP contribution is 2.22. The number of hydrogen-bond donors (Lipinski definition) is 1. The van der Waals surface area contributed by atoms with Crippen LogP contribution in [0.2, 0.25) is 0 Å². The molecule has 6 nitrogen and oxygen atoms in total. The van der Waals surface area contributed by atoms with Crippen LogP contribution in [-0.2, 0) is 11.3 Å². The van der Waals surface area contributed by atoms with Crippen LogP contribution in [0.25, 0.3) is 4.96 Å². The monoisotopic (exact) mass is 322 g/mol. The molecule has 2 aromatic rings. The molecule has 1 saturated heterocycles. The molecule has 1 N–H and O–H groups in total. The van der Waals surface area contributed by atoms with Gasteiger partial charge in [-0.25, -0.2) is 4.98 Å². The molecule has 3 heterocycles. The molecular formula is C15H22N4O2S. The molecule has 1 aliphatic heterocycles. The lowest BCUT2D eigenvalue weighted by Gasteiger charge is -2.35. The summed E-state index contributed by atoms with van der Waals surface area (Å²) in [6, 6.07) is 0. The predicted molar refractivity (Wildman–Crippen MR) is 86.1 cm³/mol. The van der Waals surface area contributed by atoms with Gasteiger partial charge in [0, 0.05) is 43.8 Å². The standard InChI is InChI=1S/C15H22N4O2S/c1-10-8-19-13(11(2)16-15(19)22-10)9-17-4-6-18(7-5-17)14(21)12(3)20/h8,12,20H,4-7,9H2,1-3H3. The Morgan fingerprint density at radius 1 is 1.36 bits per heavy atom. The topological polar surface area (TPSA) is 61.1 Å². The summed E-state index contributed by atoms with van der Waals surface area (Å²) in [7, 11) is 0. The van der Waals surface area contributed by atoms with Crippen molar-refractivity contribution in [2.45, 2.75) is 33.4 Å². The molecule has 1 unspecified atom stereocenters. The largest absolute Gasteiger partial charge is 0.384 e. The van der Waals surface area contributed by atoms with Gasteiger partial charge in [-0.3, -0.25) is 14.1 Å². The minimum atomic E-state index is -0.906. The molecule has 0 aromatic carbocycles. The van der Waals surface area contributed by atoms with Crippen molar-refractivity contribution in [3.63, 3.8) is 0 Å². The lowest BCUT2D eigenvalue weighted by Crippen LogP contribution is -2.50. The van der Waals surface area contributed by atoms with Gasteiger partial charge in [-0.1, -0.05) is 0 Å². The van der Waals surface area contributed by atoms with E-state index in [1.165, 1.54) is 17.5 Å². The van der Waals surface area contributed by atoms with Crippen LogP contribution in [0.15, 0.2) is 6.20 Å². The molecule has 3 rings (SSSR count). The second kappa shape index (κ2) is 5.98. The third kappa shape index (κ3) is 2.88. The van der Waals surface area contributed by atoms with Gasteiger partial charge in [0.05, 0.1) is 11.4 Å². The number of amides is 1. The van der Waals surface area contributed by atoms with Crippen molar-refractivity contribution in [1.29, 1.82) is 0 Å². The fourth-order valence-corrected chi connectivity index (χ4v) is 3.79. The first-order chi connectivity index (χ1) is 10.5. The van der Waals surface area contributed by atoms with Crippen LogP contribution in [-0.4, -0.2) is 62.5 Å². The number of carbonyl (C=O) groups excluding carboxylic acids is 1. The maximum atomic E-state index is 11.8. The van der Waals surface area contributed by atoms with E-state index in [0.717, 1.165) is 30.3 Å². The number of fused-ring (bicyclic) bond motifs is 1. The smallest absolute Gasteiger partial charge is 0.251 e. The number of aryl methyl sites for hydroxylation is 2. The highest BCUT2D eigenvalue weighted by molar-refractivity contribution is 7.17. The summed E-state index contributed by atoms with van der Waals surface area (Å²) in [5, 5.41) is 9.39. The molecule has 2 aromatic heterocycles. The first-order valence-electron chi connectivity index (χ1n) is 7.59. The number of aliphatic hydroxyl groups is 1. The van der Waals surface area contributed by atoms with Gasteiger partial charge in [0.2, 0.25) is 0 Å². The van der Waals surface area contributed by atoms with Gasteiger partial charge in [0.15, 0.2) is 4.96 Å². The van der Waals surface area contributed by atoms with Crippen LogP contribution in [0, 0.1) is 13.8 Å². The molecule has 1 amide bonds. The summed E-state index contributed by atoms with van der Waals surface area (Å²) >= 11 is 1.71. The minimum absolute atomic E-state index is 0.170. The Bertz CT molecular complexity index is 683. The lowest BCUT2D eigenvalue weighted by atomic mass is 10.2. The van der Waals surface area contributed by atoms with Crippen molar-refractivity contribution < 1.29 is 9.90 Å². The van der Waals surface area contributed by atoms with Crippen molar-refractivity contribution in [3.8, 4) is 0 Å². The normalized spacial score (nSPS) is 18.1. The van der Waals surface area contributed by atoms with Crippen LogP contribution >= 0.6 is 11.3 Å². The average Bonchev–Trinajstić information content (AvgIpc) is 2.96. The highest BCUT2D eigenvalue weighted by atomic mass is 32.1. The molecule has 1 atom stereocenters. The minimum Gasteiger partial charge on any atom is -0.384 e. The van der Waals surface area contributed by atoms with Gasteiger partial charge in [-0.2, -0.15) is 0 Å².